The Hall–Kier alpha value is -1.04. The van der Waals surface area contributed by atoms with Gasteiger partial charge in [-0.2, -0.15) is 0 Å². The second-order valence-electron chi connectivity index (χ2n) is 6.55. The average molecular weight is 334 g/mol. The average Bonchev–Trinajstić information content (AvgIpc) is 3.06. The quantitative estimate of drug-likeness (QED) is 0.890. The zero-order valence-electron chi connectivity index (χ0n) is 14.0. The molecule has 126 valence electrons. The van der Waals surface area contributed by atoms with Crippen molar-refractivity contribution < 1.29 is 4.79 Å². The Morgan fingerprint density at radius 2 is 2.13 bits per heavy atom. The van der Waals surface area contributed by atoms with Crippen molar-refractivity contribution in [2.45, 2.75) is 25.1 Å². The first-order valence-electron chi connectivity index (χ1n) is 8.58. The van der Waals surface area contributed by atoms with E-state index in [0.717, 1.165) is 51.4 Å². The van der Waals surface area contributed by atoms with Gasteiger partial charge in [-0.05, 0) is 18.9 Å². The van der Waals surface area contributed by atoms with Crippen molar-refractivity contribution in [1.82, 2.24) is 15.1 Å². The number of rotatable bonds is 5. The van der Waals surface area contributed by atoms with Crippen molar-refractivity contribution in [3.8, 4) is 0 Å². The third-order valence-corrected chi connectivity index (χ3v) is 5.75. The molecular weight excluding hydrogens is 306 g/mol. The first-order chi connectivity index (χ1) is 11.2. The molecule has 2 fully saturated rings. The summed E-state index contributed by atoms with van der Waals surface area (Å²) in [5, 5.41) is 3.39. The standard InChI is InChI=1S/C18H27N3OS/c1-15-3-2-4-16(11-15)13-23-14-18(22)21-8-5-17(12-21)20-9-6-19-7-10-20/h2-4,11,17,19H,5-10,12-14H2,1H3. The van der Waals surface area contributed by atoms with Crippen LogP contribution >= 0.6 is 11.8 Å². The summed E-state index contributed by atoms with van der Waals surface area (Å²) >= 11 is 1.73. The molecule has 1 aromatic rings. The number of carbonyl (C=O) groups excluding carboxylic acids is 1. The van der Waals surface area contributed by atoms with Crippen LogP contribution in [0.25, 0.3) is 0 Å². The van der Waals surface area contributed by atoms with E-state index in [1.807, 2.05) is 0 Å². The molecule has 4 nitrogen and oxygen atoms in total. The van der Waals surface area contributed by atoms with Gasteiger partial charge in [0, 0.05) is 51.1 Å². The van der Waals surface area contributed by atoms with E-state index in [-0.39, 0.29) is 0 Å². The SMILES string of the molecule is Cc1cccc(CSCC(=O)N2CCC(N3CCNCC3)C2)c1. The van der Waals surface area contributed by atoms with E-state index in [1.165, 1.54) is 11.1 Å². The number of thioether (sulfide) groups is 1. The van der Waals surface area contributed by atoms with Gasteiger partial charge in [-0.1, -0.05) is 29.8 Å². The second-order valence-corrected chi connectivity index (χ2v) is 7.54. The fourth-order valence-corrected chi connectivity index (χ4v) is 4.34. The highest BCUT2D eigenvalue weighted by atomic mass is 32.2. The lowest BCUT2D eigenvalue weighted by atomic mass is 10.2. The summed E-state index contributed by atoms with van der Waals surface area (Å²) in [6, 6.07) is 9.11. The van der Waals surface area contributed by atoms with Gasteiger partial charge in [0.2, 0.25) is 5.91 Å². The van der Waals surface area contributed by atoms with Gasteiger partial charge >= 0.3 is 0 Å². The number of aryl methyl sites for hydroxylation is 1. The number of benzene rings is 1. The van der Waals surface area contributed by atoms with Gasteiger partial charge in [0.25, 0.3) is 0 Å². The van der Waals surface area contributed by atoms with E-state index in [9.17, 15) is 4.79 Å². The second kappa shape index (κ2) is 8.18. The molecule has 23 heavy (non-hydrogen) atoms. The largest absolute Gasteiger partial charge is 0.340 e. The van der Waals surface area contributed by atoms with E-state index >= 15 is 0 Å². The zero-order valence-corrected chi connectivity index (χ0v) is 14.8. The third-order valence-electron chi connectivity index (χ3n) is 4.76. The molecule has 0 spiro atoms. The minimum Gasteiger partial charge on any atom is -0.340 e. The summed E-state index contributed by atoms with van der Waals surface area (Å²) in [6.07, 6.45) is 1.13. The number of hydrogen-bond acceptors (Lipinski definition) is 4. The normalized spacial score (nSPS) is 22.5. The fourth-order valence-electron chi connectivity index (χ4n) is 3.46. The van der Waals surface area contributed by atoms with Crippen LogP contribution in [0.4, 0.5) is 0 Å². The van der Waals surface area contributed by atoms with Crippen LogP contribution in [-0.2, 0) is 10.5 Å². The van der Waals surface area contributed by atoms with Crippen molar-refractivity contribution in [1.29, 1.82) is 0 Å². The van der Waals surface area contributed by atoms with Crippen molar-refractivity contribution in [2.75, 3.05) is 45.0 Å². The van der Waals surface area contributed by atoms with Gasteiger partial charge in [-0.25, -0.2) is 0 Å². The molecule has 2 saturated heterocycles. The molecule has 1 atom stereocenters. The summed E-state index contributed by atoms with van der Waals surface area (Å²) in [5.74, 6) is 1.82. The third kappa shape index (κ3) is 4.72. The molecule has 0 radical (unpaired) electrons. The topological polar surface area (TPSA) is 35.6 Å². The lowest BCUT2D eigenvalue weighted by Gasteiger charge is -2.32. The minimum absolute atomic E-state index is 0.306. The monoisotopic (exact) mass is 333 g/mol. The summed E-state index contributed by atoms with van der Waals surface area (Å²) in [6.45, 7) is 8.36. The first-order valence-corrected chi connectivity index (χ1v) is 9.73. The highest BCUT2D eigenvalue weighted by Gasteiger charge is 2.30. The highest BCUT2D eigenvalue weighted by molar-refractivity contribution is 7.99. The molecule has 2 aliphatic heterocycles. The van der Waals surface area contributed by atoms with Crippen molar-refractivity contribution in [3.63, 3.8) is 0 Å². The Kier molecular flexibility index (Phi) is 5.97. The van der Waals surface area contributed by atoms with E-state index in [1.54, 1.807) is 11.8 Å². The molecule has 1 unspecified atom stereocenters. The van der Waals surface area contributed by atoms with Gasteiger partial charge in [0.05, 0.1) is 5.75 Å². The van der Waals surface area contributed by atoms with Gasteiger partial charge in [-0.3, -0.25) is 9.69 Å². The summed E-state index contributed by atoms with van der Waals surface area (Å²) in [5.41, 5.74) is 2.59. The van der Waals surface area contributed by atoms with Crippen LogP contribution in [0.3, 0.4) is 0 Å². The van der Waals surface area contributed by atoms with Gasteiger partial charge in [-0.15, -0.1) is 11.8 Å². The number of nitrogens with zero attached hydrogens (tertiary/aromatic N) is 2. The molecule has 0 bridgehead atoms. The van der Waals surface area contributed by atoms with Crippen molar-refractivity contribution in [2.24, 2.45) is 0 Å². The van der Waals surface area contributed by atoms with Crippen LogP contribution in [0, 0.1) is 6.92 Å². The van der Waals surface area contributed by atoms with Gasteiger partial charge in [0.1, 0.15) is 0 Å². The Morgan fingerprint density at radius 3 is 2.91 bits per heavy atom. The maximum absolute atomic E-state index is 12.4. The Morgan fingerprint density at radius 1 is 1.30 bits per heavy atom. The molecular formula is C18H27N3OS. The van der Waals surface area contributed by atoms with Crippen LogP contribution in [0.2, 0.25) is 0 Å². The fraction of sp³-hybridized carbons (Fsp3) is 0.611. The Balaban J connectivity index is 1.40. The number of likely N-dealkylation sites (tertiary alicyclic amines) is 1. The van der Waals surface area contributed by atoms with Crippen molar-refractivity contribution >= 4 is 17.7 Å². The number of amides is 1. The highest BCUT2D eigenvalue weighted by Crippen LogP contribution is 2.19. The van der Waals surface area contributed by atoms with Crippen LogP contribution < -0.4 is 5.32 Å². The molecule has 0 saturated carbocycles. The van der Waals surface area contributed by atoms with E-state index < -0.39 is 0 Å². The molecule has 0 aromatic heterocycles. The predicted octanol–water partition coefficient (Wildman–Crippen LogP) is 1.73. The molecule has 2 heterocycles. The molecule has 1 aromatic carbocycles. The van der Waals surface area contributed by atoms with E-state index in [4.69, 9.17) is 0 Å². The lowest BCUT2D eigenvalue weighted by molar-refractivity contribution is -0.127. The van der Waals surface area contributed by atoms with Crippen molar-refractivity contribution in [3.05, 3.63) is 35.4 Å². The number of carbonyl (C=O) groups is 1. The number of piperazine rings is 1. The molecule has 2 aliphatic rings. The smallest absolute Gasteiger partial charge is 0.232 e. The molecule has 3 rings (SSSR count). The van der Waals surface area contributed by atoms with Crippen LogP contribution in [0.5, 0.6) is 0 Å². The number of hydrogen-bond donors (Lipinski definition) is 1. The Bertz CT molecular complexity index is 531. The van der Waals surface area contributed by atoms with Crippen LogP contribution in [0.1, 0.15) is 17.5 Å². The first kappa shape index (κ1) is 16.8. The maximum atomic E-state index is 12.4. The minimum atomic E-state index is 0.306. The summed E-state index contributed by atoms with van der Waals surface area (Å²) in [4.78, 5) is 17.0. The van der Waals surface area contributed by atoms with Crippen LogP contribution in [-0.4, -0.2) is 66.8 Å². The maximum Gasteiger partial charge on any atom is 0.232 e. The summed E-state index contributed by atoms with van der Waals surface area (Å²) < 4.78 is 0. The molecule has 5 heteroatoms. The van der Waals surface area contributed by atoms with E-state index in [0.29, 0.717) is 17.7 Å². The summed E-state index contributed by atoms with van der Waals surface area (Å²) in [7, 11) is 0. The molecule has 1 N–H and O–H groups in total. The lowest BCUT2D eigenvalue weighted by Crippen LogP contribution is -2.49. The Labute approximate surface area is 143 Å². The zero-order chi connectivity index (χ0) is 16.1. The number of nitrogens with one attached hydrogen (secondary N) is 1. The van der Waals surface area contributed by atoms with E-state index in [2.05, 4.69) is 46.3 Å². The molecule has 0 aliphatic carbocycles. The predicted molar refractivity (Wildman–Crippen MR) is 96.8 cm³/mol. The molecule has 1 amide bonds. The van der Waals surface area contributed by atoms with Gasteiger partial charge < -0.3 is 10.2 Å². The van der Waals surface area contributed by atoms with Crippen LogP contribution in [0.15, 0.2) is 24.3 Å². The van der Waals surface area contributed by atoms with Gasteiger partial charge in [0.15, 0.2) is 0 Å².